The van der Waals surface area contributed by atoms with Crippen LogP contribution in [-0.4, -0.2) is 67.7 Å². The van der Waals surface area contributed by atoms with Crippen molar-refractivity contribution in [3.8, 4) is 0 Å². The first-order valence-electron chi connectivity index (χ1n) is 12.3. The zero-order valence-electron chi connectivity index (χ0n) is 20.9. The summed E-state index contributed by atoms with van der Waals surface area (Å²) < 4.78 is 42.4. The topological polar surface area (TPSA) is 112 Å². The maximum absolute atomic E-state index is 13.8. The Bertz CT molecular complexity index is 1620. The number of fused-ring (bicyclic) bond motifs is 1. The van der Waals surface area contributed by atoms with E-state index in [4.69, 9.17) is 0 Å². The maximum atomic E-state index is 13.8. The van der Waals surface area contributed by atoms with Crippen LogP contribution < -0.4 is 10.0 Å². The summed E-state index contributed by atoms with van der Waals surface area (Å²) in [4.78, 5) is 33.2. The number of sulfonamides is 1. The second-order valence-electron chi connectivity index (χ2n) is 9.11. The van der Waals surface area contributed by atoms with Crippen LogP contribution in [0.1, 0.15) is 10.4 Å². The van der Waals surface area contributed by atoms with E-state index in [2.05, 4.69) is 15.0 Å². The van der Waals surface area contributed by atoms with Crippen LogP contribution in [0.2, 0.25) is 0 Å². The highest BCUT2D eigenvalue weighted by molar-refractivity contribution is 7.93. The number of nitrogens with one attached hydrogen (secondary N) is 2. The lowest BCUT2D eigenvalue weighted by Gasteiger charge is -2.34. The molecule has 3 aromatic carbocycles. The fourth-order valence-corrected chi connectivity index (χ4v) is 5.67. The summed E-state index contributed by atoms with van der Waals surface area (Å²) in [5.41, 5.74) is 1.26. The van der Waals surface area contributed by atoms with Crippen molar-refractivity contribution in [1.82, 2.24) is 14.8 Å². The van der Waals surface area contributed by atoms with Gasteiger partial charge in [0.05, 0.1) is 17.7 Å². The van der Waals surface area contributed by atoms with E-state index in [0.29, 0.717) is 48.3 Å². The third kappa shape index (κ3) is 6.05. The molecule has 2 N–H and O–H groups in total. The standard InChI is InChI=1S/C28H26FN5O4S/c29-23-7-1-2-8-24(23)31-26(35)19-33-15-17-34(18-16-33)28(36)21-10-12-22(13-11-21)32-39(37,38)25-9-3-5-20-6-4-14-30-27(20)25/h1-14,32H,15-19H2,(H,31,35). The summed E-state index contributed by atoms with van der Waals surface area (Å²) in [5.74, 6) is -0.999. The molecule has 1 fully saturated rings. The monoisotopic (exact) mass is 547 g/mol. The first-order valence-corrected chi connectivity index (χ1v) is 13.8. The molecule has 1 aliphatic rings. The van der Waals surface area contributed by atoms with Gasteiger partial charge in [0.1, 0.15) is 10.7 Å². The Hall–Kier alpha value is -4.35. The van der Waals surface area contributed by atoms with Crippen molar-refractivity contribution < 1.29 is 22.4 Å². The van der Waals surface area contributed by atoms with Crippen LogP contribution >= 0.6 is 0 Å². The van der Waals surface area contributed by atoms with Gasteiger partial charge in [-0.3, -0.25) is 24.2 Å². The number of carbonyl (C=O) groups excluding carboxylic acids is 2. The molecule has 1 aromatic heterocycles. The van der Waals surface area contributed by atoms with Crippen molar-refractivity contribution in [1.29, 1.82) is 0 Å². The molecule has 39 heavy (non-hydrogen) atoms. The van der Waals surface area contributed by atoms with Gasteiger partial charge < -0.3 is 10.2 Å². The molecular formula is C28H26FN5O4S. The number of amides is 2. The number of aromatic nitrogens is 1. The number of halogens is 1. The fourth-order valence-electron chi connectivity index (χ4n) is 4.43. The number of pyridine rings is 1. The number of para-hydroxylation sites is 2. The van der Waals surface area contributed by atoms with Crippen LogP contribution in [0.25, 0.3) is 10.9 Å². The molecule has 0 bridgehead atoms. The smallest absolute Gasteiger partial charge is 0.264 e. The van der Waals surface area contributed by atoms with Gasteiger partial charge in [-0.2, -0.15) is 0 Å². The molecule has 4 aromatic rings. The second-order valence-corrected chi connectivity index (χ2v) is 10.8. The van der Waals surface area contributed by atoms with E-state index in [-0.39, 0.29) is 28.9 Å². The van der Waals surface area contributed by atoms with Crippen molar-refractivity contribution in [2.75, 3.05) is 42.8 Å². The van der Waals surface area contributed by atoms with E-state index in [1.54, 1.807) is 71.8 Å². The number of carbonyl (C=O) groups is 2. The van der Waals surface area contributed by atoms with E-state index in [9.17, 15) is 22.4 Å². The molecular weight excluding hydrogens is 521 g/mol. The highest BCUT2D eigenvalue weighted by Gasteiger charge is 2.24. The molecule has 0 spiro atoms. The molecule has 1 aliphatic heterocycles. The number of nitrogens with zero attached hydrogens (tertiary/aromatic N) is 3. The van der Waals surface area contributed by atoms with Gasteiger partial charge in [0.25, 0.3) is 15.9 Å². The highest BCUT2D eigenvalue weighted by atomic mass is 32.2. The molecule has 11 heteroatoms. The lowest BCUT2D eigenvalue weighted by molar-refractivity contribution is -0.117. The minimum absolute atomic E-state index is 0.0706. The van der Waals surface area contributed by atoms with Gasteiger partial charge in [-0.1, -0.05) is 30.3 Å². The number of hydrogen-bond donors (Lipinski definition) is 2. The normalized spacial score (nSPS) is 14.2. The molecule has 9 nitrogen and oxygen atoms in total. The van der Waals surface area contributed by atoms with E-state index in [0.717, 1.165) is 0 Å². The summed E-state index contributed by atoms with van der Waals surface area (Å²) in [6.07, 6.45) is 1.54. The maximum Gasteiger partial charge on any atom is 0.264 e. The summed E-state index contributed by atoms with van der Waals surface area (Å²) in [5, 5.41) is 3.28. The van der Waals surface area contributed by atoms with Gasteiger partial charge >= 0.3 is 0 Å². The molecule has 0 atom stereocenters. The number of hydrogen-bond acceptors (Lipinski definition) is 6. The highest BCUT2D eigenvalue weighted by Crippen LogP contribution is 2.24. The molecule has 0 unspecified atom stereocenters. The summed E-state index contributed by atoms with van der Waals surface area (Å²) in [6, 6.07) is 20.7. The number of rotatable bonds is 7. The van der Waals surface area contributed by atoms with Gasteiger partial charge in [0.15, 0.2) is 0 Å². The van der Waals surface area contributed by atoms with Crippen LogP contribution in [0.15, 0.2) is 90.0 Å². The fraction of sp³-hybridized carbons (Fsp3) is 0.179. The first kappa shape index (κ1) is 26.3. The Balaban J connectivity index is 1.16. The molecule has 0 radical (unpaired) electrons. The minimum atomic E-state index is -3.90. The summed E-state index contributed by atoms with van der Waals surface area (Å²) in [6.45, 7) is 1.93. The van der Waals surface area contributed by atoms with Crippen molar-refractivity contribution >= 4 is 44.1 Å². The van der Waals surface area contributed by atoms with Gasteiger partial charge in [-0.15, -0.1) is 0 Å². The molecule has 200 valence electrons. The molecule has 1 saturated heterocycles. The van der Waals surface area contributed by atoms with Gasteiger partial charge in [-0.05, 0) is 48.5 Å². The molecule has 5 rings (SSSR count). The van der Waals surface area contributed by atoms with Crippen LogP contribution in [-0.2, 0) is 14.8 Å². The van der Waals surface area contributed by atoms with Crippen LogP contribution in [0, 0.1) is 5.82 Å². The largest absolute Gasteiger partial charge is 0.336 e. The summed E-state index contributed by atoms with van der Waals surface area (Å²) in [7, 11) is -3.90. The Morgan fingerprint density at radius 2 is 1.59 bits per heavy atom. The molecule has 0 saturated carbocycles. The van der Waals surface area contributed by atoms with Gasteiger partial charge in [0, 0.05) is 49.0 Å². The number of anilines is 2. The summed E-state index contributed by atoms with van der Waals surface area (Å²) >= 11 is 0. The molecule has 0 aliphatic carbocycles. The second kappa shape index (κ2) is 11.2. The van der Waals surface area contributed by atoms with E-state index in [1.165, 1.54) is 18.2 Å². The predicted molar refractivity (Wildman–Crippen MR) is 146 cm³/mol. The number of piperazine rings is 1. The lowest BCUT2D eigenvalue weighted by atomic mass is 10.1. The van der Waals surface area contributed by atoms with E-state index in [1.807, 2.05) is 4.90 Å². The third-order valence-corrected chi connectivity index (χ3v) is 7.86. The van der Waals surface area contributed by atoms with Crippen molar-refractivity contribution in [3.05, 3.63) is 96.4 Å². The van der Waals surface area contributed by atoms with Crippen LogP contribution in [0.3, 0.4) is 0 Å². The third-order valence-electron chi connectivity index (χ3n) is 6.44. The Kier molecular flexibility index (Phi) is 7.53. The SMILES string of the molecule is O=C(CN1CCN(C(=O)c2ccc(NS(=O)(=O)c3cccc4cccnc34)cc2)CC1)Nc1ccccc1F. The lowest BCUT2D eigenvalue weighted by Crippen LogP contribution is -2.50. The van der Waals surface area contributed by atoms with Crippen molar-refractivity contribution in [2.45, 2.75) is 4.90 Å². The molecule has 2 heterocycles. The predicted octanol–water partition coefficient (Wildman–Crippen LogP) is 3.57. The minimum Gasteiger partial charge on any atom is -0.336 e. The van der Waals surface area contributed by atoms with Crippen molar-refractivity contribution in [2.24, 2.45) is 0 Å². The van der Waals surface area contributed by atoms with Crippen LogP contribution in [0.4, 0.5) is 15.8 Å². The van der Waals surface area contributed by atoms with Crippen LogP contribution in [0.5, 0.6) is 0 Å². The quantitative estimate of drug-likeness (QED) is 0.366. The van der Waals surface area contributed by atoms with Crippen molar-refractivity contribution in [3.63, 3.8) is 0 Å². The number of benzene rings is 3. The Labute approximate surface area is 225 Å². The molecule has 2 amide bonds. The zero-order chi connectivity index (χ0) is 27.4. The average molecular weight is 548 g/mol. The van der Waals surface area contributed by atoms with Gasteiger partial charge in [0.2, 0.25) is 5.91 Å². The zero-order valence-corrected chi connectivity index (χ0v) is 21.7. The van der Waals surface area contributed by atoms with E-state index < -0.39 is 15.8 Å². The Morgan fingerprint density at radius 1 is 0.872 bits per heavy atom. The van der Waals surface area contributed by atoms with E-state index >= 15 is 0 Å². The van der Waals surface area contributed by atoms with Gasteiger partial charge in [-0.25, -0.2) is 12.8 Å². The Morgan fingerprint density at radius 3 is 2.33 bits per heavy atom. The average Bonchev–Trinajstić information content (AvgIpc) is 2.94. The first-order chi connectivity index (χ1) is 18.8.